The smallest absolute Gasteiger partial charge is 0.151 e. The molecule has 1 rings (SSSR count). The molecular formula is C13H19N3. The molecule has 0 spiro atoms. The Morgan fingerprint density at radius 2 is 2.31 bits per heavy atom. The second-order valence-electron chi connectivity index (χ2n) is 4.14. The zero-order chi connectivity index (χ0) is 11.8. The molecule has 0 saturated carbocycles. The van der Waals surface area contributed by atoms with E-state index < -0.39 is 0 Å². The first kappa shape index (κ1) is 12.4. The van der Waals surface area contributed by atoms with Crippen molar-refractivity contribution in [3.05, 3.63) is 36.2 Å². The fourth-order valence-corrected chi connectivity index (χ4v) is 1.18. The lowest BCUT2D eigenvalue weighted by Crippen LogP contribution is -1.99. The Morgan fingerprint density at radius 3 is 2.94 bits per heavy atom. The molecule has 1 heterocycles. The Bertz CT molecular complexity index is 353. The van der Waals surface area contributed by atoms with Crippen LogP contribution >= 0.6 is 0 Å². The lowest BCUT2D eigenvalue weighted by molar-refractivity contribution is 0.583. The predicted octanol–water partition coefficient (Wildman–Crippen LogP) is 3.06. The highest BCUT2D eigenvalue weighted by molar-refractivity contribution is 5.74. The Hall–Kier alpha value is -1.64. The van der Waals surface area contributed by atoms with Gasteiger partial charge in [0.15, 0.2) is 5.82 Å². The quantitative estimate of drug-likeness (QED) is 0.770. The van der Waals surface area contributed by atoms with Crippen molar-refractivity contribution in [1.82, 2.24) is 4.98 Å². The van der Waals surface area contributed by atoms with Crippen LogP contribution in [0.3, 0.4) is 0 Å². The number of aromatic nitrogens is 1. The van der Waals surface area contributed by atoms with E-state index in [1.165, 1.54) is 0 Å². The number of rotatable bonds is 5. The molecule has 0 aromatic carbocycles. The van der Waals surface area contributed by atoms with Gasteiger partial charge >= 0.3 is 0 Å². The standard InChI is InChI=1S/C13H19N3/c1-11(2)6-7-12(14)8-10-16-13-5-3-4-9-15-13/h3-5,8-11H,6-7,14H2,1-2H3. The highest BCUT2D eigenvalue weighted by Crippen LogP contribution is 2.07. The van der Waals surface area contributed by atoms with Gasteiger partial charge < -0.3 is 5.73 Å². The van der Waals surface area contributed by atoms with Crippen LogP contribution in [0, 0.1) is 5.92 Å². The molecule has 0 aliphatic carbocycles. The first-order valence-electron chi connectivity index (χ1n) is 5.58. The van der Waals surface area contributed by atoms with Crippen molar-refractivity contribution in [3.63, 3.8) is 0 Å². The first-order chi connectivity index (χ1) is 7.68. The molecule has 1 aromatic rings. The van der Waals surface area contributed by atoms with Gasteiger partial charge in [0, 0.05) is 18.1 Å². The monoisotopic (exact) mass is 217 g/mol. The van der Waals surface area contributed by atoms with Crippen LogP contribution in [0.15, 0.2) is 41.2 Å². The zero-order valence-corrected chi connectivity index (χ0v) is 9.93. The lowest BCUT2D eigenvalue weighted by atomic mass is 10.1. The van der Waals surface area contributed by atoms with Gasteiger partial charge in [-0.3, -0.25) is 0 Å². The Morgan fingerprint density at radius 1 is 1.50 bits per heavy atom. The van der Waals surface area contributed by atoms with Gasteiger partial charge in [-0.15, -0.1) is 0 Å². The number of nitrogens with two attached hydrogens (primary N) is 1. The molecular weight excluding hydrogens is 198 g/mol. The van der Waals surface area contributed by atoms with Gasteiger partial charge in [-0.1, -0.05) is 19.9 Å². The van der Waals surface area contributed by atoms with Gasteiger partial charge in [0.2, 0.25) is 0 Å². The molecule has 3 heteroatoms. The number of hydrogen-bond acceptors (Lipinski definition) is 3. The minimum atomic E-state index is 0.680. The molecule has 0 aliphatic heterocycles. The fraction of sp³-hybridized carbons (Fsp3) is 0.385. The summed E-state index contributed by atoms with van der Waals surface area (Å²) in [6.07, 6.45) is 7.30. The number of aliphatic imine (C=N–C) groups is 1. The van der Waals surface area contributed by atoms with Crippen molar-refractivity contribution in [2.75, 3.05) is 0 Å². The molecule has 1 aromatic heterocycles. The maximum Gasteiger partial charge on any atom is 0.151 e. The summed E-state index contributed by atoms with van der Waals surface area (Å²) in [7, 11) is 0. The highest BCUT2D eigenvalue weighted by Gasteiger charge is 1.94. The van der Waals surface area contributed by atoms with E-state index in [-0.39, 0.29) is 0 Å². The third-order valence-corrected chi connectivity index (χ3v) is 2.16. The van der Waals surface area contributed by atoms with Crippen LogP contribution < -0.4 is 5.73 Å². The van der Waals surface area contributed by atoms with E-state index >= 15 is 0 Å². The summed E-state index contributed by atoms with van der Waals surface area (Å²) in [5.74, 6) is 1.38. The number of pyridine rings is 1. The highest BCUT2D eigenvalue weighted by atomic mass is 14.9. The van der Waals surface area contributed by atoms with Crippen LogP contribution in [0.1, 0.15) is 26.7 Å². The average Bonchev–Trinajstić information content (AvgIpc) is 2.28. The van der Waals surface area contributed by atoms with Crippen LogP contribution in [0.2, 0.25) is 0 Å². The van der Waals surface area contributed by atoms with E-state index in [4.69, 9.17) is 5.73 Å². The molecule has 0 aliphatic rings. The van der Waals surface area contributed by atoms with Crippen LogP contribution in [0.25, 0.3) is 0 Å². The second-order valence-corrected chi connectivity index (χ2v) is 4.14. The van der Waals surface area contributed by atoms with Gasteiger partial charge in [-0.25, -0.2) is 9.98 Å². The lowest BCUT2D eigenvalue weighted by Gasteiger charge is -2.03. The topological polar surface area (TPSA) is 51.3 Å². The summed E-state index contributed by atoms with van der Waals surface area (Å²) >= 11 is 0. The van der Waals surface area contributed by atoms with Gasteiger partial charge in [0.1, 0.15) is 0 Å². The van der Waals surface area contributed by atoms with Crippen molar-refractivity contribution in [3.8, 4) is 0 Å². The molecule has 0 saturated heterocycles. The van der Waals surface area contributed by atoms with Crippen molar-refractivity contribution in [1.29, 1.82) is 0 Å². The molecule has 86 valence electrons. The molecule has 0 atom stereocenters. The van der Waals surface area contributed by atoms with E-state index in [9.17, 15) is 0 Å². The summed E-state index contributed by atoms with van der Waals surface area (Å²) < 4.78 is 0. The molecule has 0 radical (unpaired) electrons. The van der Waals surface area contributed by atoms with Gasteiger partial charge in [-0.2, -0.15) is 0 Å². The van der Waals surface area contributed by atoms with Gasteiger partial charge in [0.25, 0.3) is 0 Å². The molecule has 2 N–H and O–H groups in total. The van der Waals surface area contributed by atoms with Crippen molar-refractivity contribution in [2.24, 2.45) is 16.6 Å². The number of allylic oxidation sites excluding steroid dienone is 2. The maximum absolute atomic E-state index is 5.84. The Labute approximate surface area is 97.1 Å². The van der Waals surface area contributed by atoms with E-state index in [0.717, 1.165) is 18.5 Å². The van der Waals surface area contributed by atoms with Gasteiger partial charge in [-0.05, 0) is 37.0 Å². The number of hydrogen-bond donors (Lipinski definition) is 1. The van der Waals surface area contributed by atoms with Crippen LogP contribution in [0.4, 0.5) is 5.82 Å². The maximum atomic E-state index is 5.84. The normalized spacial score (nSPS) is 12.6. The Balaban J connectivity index is 2.43. The first-order valence-corrected chi connectivity index (χ1v) is 5.58. The zero-order valence-electron chi connectivity index (χ0n) is 9.93. The summed E-state index contributed by atoms with van der Waals surface area (Å²) in [6.45, 7) is 4.38. The minimum Gasteiger partial charge on any atom is -0.402 e. The molecule has 0 fully saturated rings. The van der Waals surface area contributed by atoms with Crippen molar-refractivity contribution in [2.45, 2.75) is 26.7 Å². The fourth-order valence-electron chi connectivity index (χ4n) is 1.18. The van der Waals surface area contributed by atoms with Crippen LogP contribution in [-0.2, 0) is 0 Å². The SMILES string of the molecule is CC(C)CCC(N)=CC=Nc1ccccn1. The third-order valence-electron chi connectivity index (χ3n) is 2.16. The van der Waals surface area contributed by atoms with Crippen molar-refractivity contribution >= 4 is 12.0 Å². The Kier molecular flexibility index (Phi) is 5.26. The average molecular weight is 217 g/mol. The molecule has 16 heavy (non-hydrogen) atoms. The summed E-state index contributed by atoms with van der Waals surface area (Å²) in [6, 6.07) is 5.63. The van der Waals surface area contributed by atoms with E-state index in [2.05, 4.69) is 23.8 Å². The summed E-state index contributed by atoms with van der Waals surface area (Å²) in [4.78, 5) is 8.26. The largest absolute Gasteiger partial charge is 0.402 e. The summed E-state index contributed by atoms with van der Waals surface area (Å²) in [5, 5.41) is 0. The molecule has 3 nitrogen and oxygen atoms in total. The second kappa shape index (κ2) is 6.77. The van der Waals surface area contributed by atoms with E-state index in [1.807, 2.05) is 24.3 Å². The van der Waals surface area contributed by atoms with Crippen molar-refractivity contribution < 1.29 is 0 Å². The molecule has 0 amide bonds. The minimum absolute atomic E-state index is 0.680. The van der Waals surface area contributed by atoms with Crippen LogP contribution in [0.5, 0.6) is 0 Å². The third kappa shape index (κ3) is 5.29. The predicted molar refractivity (Wildman–Crippen MR) is 68.7 cm³/mol. The molecule has 0 bridgehead atoms. The number of nitrogens with zero attached hydrogens (tertiary/aromatic N) is 2. The molecule has 0 unspecified atom stereocenters. The summed E-state index contributed by atoms with van der Waals surface area (Å²) in [5.41, 5.74) is 6.70. The van der Waals surface area contributed by atoms with E-state index in [0.29, 0.717) is 11.7 Å². The van der Waals surface area contributed by atoms with E-state index in [1.54, 1.807) is 12.4 Å². The van der Waals surface area contributed by atoms with Gasteiger partial charge in [0.05, 0.1) is 0 Å². The van der Waals surface area contributed by atoms with Crippen LogP contribution in [-0.4, -0.2) is 11.2 Å².